The summed E-state index contributed by atoms with van der Waals surface area (Å²) >= 11 is 1.74. The maximum absolute atomic E-state index is 13.3. The summed E-state index contributed by atoms with van der Waals surface area (Å²) in [5.41, 5.74) is 2.45. The van der Waals surface area contributed by atoms with E-state index >= 15 is 0 Å². The Morgan fingerprint density at radius 2 is 2.09 bits per heavy atom. The molecule has 2 N–H and O–H groups in total. The molecule has 1 saturated heterocycles. The minimum atomic E-state index is -0.0755. The highest BCUT2D eigenvalue weighted by Crippen LogP contribution is 2.35. The molecule has 5 rings (SSSR count). The summed E-state index contributed by atoms with van der Waals surface area (Å²) in [6, 6.07) is 4.16. The number of phenols is 1. The average molecular weight is 451 g/mol. The van der Waals surface area contributed by atoms with Gasteiger partial charge in [0.05, 0.1) is 22.0 Å². The highest BCUT2D eigenvalue weighted by Gasteiger charge is 2.24. The second-order valence-electron chi connectivity index (χ2n) is 8.73. The normalized spacial score (nSPS) is 21.8. The molecule has 0 spiro atoms. The lowest BCUT2D eigenvalue weighted by Gasteiger charge is -2.21. The van der Waals surface area contributed by atoms with E-state index in [1.807, 2.05) is 43.1 Å². The Labute approximate surface area is 189 Å². The summed E-state index contributed by atoms with van der Waals surface area (Å²) in [4.78, 5) is 22.4. The molecule has 9 heteroatoms. The third-order valence-electron chi connectivity index (χ3n) is 6.13. The number of benzene rings is 1. The number of nitrogens with one attached hydrogen (secondary N) is 1. The second-order valence-corrected chi connectivity index (χ2v) is 10.0. The van der Waals surface area contributed by atoms with Crippen molar-refractivity contribution in [3.05, 3.63) is 46.6 Å². The Balaban J connectivity index is 1.59. The molecule has 166 valence electrons. The van der Waals surface area contributed by atoms with Crippen LogP contribution < -0.4 is 10.3 Å². The zero-order valence-electron chi connectivity index (χ0n) is 18.5. The van der Waals surface area contributed by atoms with Gasteiger partial charge in [0.15, 0.2) is 5.82 Å². The van der Waals surface area contributed by atoms with Gasteiger partial charge < -0.3 is 9.67 Å². The van der Waals surface area contributed by atoms with Gasteiger partial charge in [0.25, 0.3) is 5.56 Å². The first kappa shape index (κ1) is 21.0. The first-order valence-electron chi connectivity index (χ1n) is 10.8. The SMILES string of the molecule is Cc1c(O)c(-c2ncc3c(=O)n([C@H]4C[C@H](C)NS[C@@H](C)C4)ccc3n2)cc2cn(C)nc12. The number of fused-ring (bicyclic) bond motifs is 2. The van der Waals surface area contributed by atoms with E-state index in [-0.39, 0.29) is 17.4 Å². The number of pyridine rings is 1. The molecule has 0 bridgehead atoms. The van der Waals surface area contributed by atoms with Gasteiger partial charge in [-0.2, -0.15) is 5.10 Å². The summed E-state index contributed by atoms with van der Waals surface area (Å²) < 4.78 is 6.99. The van der Waals surface area contributed by atoms with Crippen LogP contribution in [0.2, 0.25) is 0 Å². The van der Waals surface area contributed by atoms with Gasteiger partial charge in [-0.05, 0) is 38.8 Å². The molecule has 1 aromatic carbocycles. The van der Waals surface area contributed by atoms with Crippen LogP contribution in [0.25, 0.3) is 33.2 Å². The third kappa shape index (κ3) is 3.55. The van der Waals surface area contributed by atoms with E-state index in [0.717, 1.165) is 23.7 Å². The van der Waals surface area contributed by atoms with Crippen LogP contribution in [0.3, 0.4) is 0 Å². The lowest BCUT2D eigenvalue weighted by molar-refractivity contribution is 0.402. The van der Waals surface area contributed by atoms with Crippen LogP contribution in [0.1, 0.15) is 38.3 Å². The maximum Gasteiger partial charge on any atom is 0.261 e. The molecule has 1 aliphatic heterocycles. The number of nitrogens with zero attached hydrogens (tertiary/aromatic N) is 5. The molecule has 4 aromatic rings. The molecular weight excluding hydrogens is 424 g/mol. The van der Waals surface area contributed by atoms with Crippen LogP contribution >= 0.6 is 11.9 Å². The van der Waals surface area contributed by atoms with Crippen LogP contribution in [0.4, 0.5) is 0 Å². The van der Waals surface area contributed by atoms with E-state index in [9.17, 15) is 9.90 Å². The maximum atomic E-state index is 13.3. The number of aromatic nitrogens is 5. The van der Waals surface area contributed by atoms with Crippen molar-refractivity contribution in [3.63, 3.8) is 0 Å². The molecule has 0 amide bonds. The Morgan fingerprint density at radius 3 is 2.91 bits per heavy atom. The highest BCUT2D eigenvalue weighted by atomic mass is 32.2. The fourth-order valence-corrected chi connectivity index (χ4v) is 5.40. The van der Waals surface area contributed by atoms with Gasteiger partial charge in [-0.15, -0.1) is 0 Å². The molecule has 0 radical (unpaired) electrons. The van der Waals surface area contributed by atoms with Crippen LogP contribution in [0, 0.1) is 6.92 Å². The molecule has 3 atom stereocenters. The summed E-state index contributed by atoms with van der Waals surface area (Å²) in [5, 5.41) is 17.0. The molecule has 8 nitrogen and oxygen atoms in total. The van der Waals surface area contributed by atoms with Gasteiger partial charge in [-0.1, -0.05) is 18.9 Å². The van der Waals surface area contributed by atoms with Crippen molar-refractivity contribution in [3.8, 4) is 17.1 Å². The van der Waals surface area contributed by atoms with Gasteiger partial charge in [0.1, 0.15) is 5.75 Å². The molecule has 32 heavy (non-hydrogen) atoms. The molecule has 0 unspecified atom stereocenters. The van der Waals surface area contributed by atoms with Gasteiger partial charge in [0, 0.05) is 53.9 Å². The standard InChI is InChI=1S/C23H26N6O2S/c1-12-7-16(8-13(2)32-27-12)29-6-5-19-18(23(29)31)10-24-22(25-19)17-9-15-11-28(4)26-20(15)14(3)21(17)30/h5-6,9-13,16,27,30H,7-8H2,1-4H3/t12-,13-,16-/m0/s1. The summed E-state index contributed by atoms with van der Waals surface area (Å²) in [7, 11) is 1.85. The van der Waals surface area contributed by atoms with Gasteiger partial charge >= 0.3 is 0 Å². The Hall–Kier alpha value is -2.91. The number of aromatic hydroxyl groups is 1. The van der Waals surface area contributed by atoms with Crippen molar-refractivity contribution in [2.75, 3.05) is 0 Å². The lowest BCUT2D eigenvalue weighted by atomic mass is 10.0. The zero-order chi connectivity index (χ0) is 22.6. The van der Waals surface area contributed by atoms with Gasteiger partial charge in [-0.3, -0.25) is 14.2 Å². The summed E-state index contributed by atoms with van der Waals surface area (Å²) in [6.07, 6.45) is 7.13. The monoisotopic (exact) mass is 450 g/mol. The summed E-state index contributed by atoms with van der Waals surface area (Å²) in [5.74, 6) is 0.494. The van der Waals surface area contributed by atoms with E-state index in [1.54, 1.807) is 22.8 Å². The minimum absolute atomic E-state index is 0.0755. The van der Waals surface area contributed by atoms with E-state index in [2.05, 4.69) is 33.6 Å². The van der Waals surface area contributed by atoms with Crippen LogP contribution in [0.15, 0.2) is 35.5 Å². The first-order chi connectivity index (χ1) is 15.3. The molecule has 1 fully saturated rings. The Bertz CT molecular complexity index is 1380. The first-order valence-corrected chi connectivity index (χ1v) is 11.6. The number of phenolic OH excluding ortho intramolecular Hbond substituents is 1. The fourth-order valence-electron chi connectivity index (χ4n) is 4.52. The van der Waals surface area contributed by atoms with Crippen LogP contribution in [-0.2, 0) is 7.05 Å². The predicted octanol–water partition coefficient (Wildman–Crippen LogP) is 3.71. The lowest BCUT2D eigenvalue weighted by Crippen LogP contribution is -2.28. The molecule has 1 aliphatic rings. The van der Waals surface area contributed by atoms with Gasteiger partial charge in [0.2, 0.25) is 0 Å². The highest BCUT2D eigenvalue weighted by molar-refractivity contribution is 7.98. The van der Waals surface area contributed by atoms with Crippen molar-refractivity contribution in [1.29, 1.82) is 0 Å². The largest absolute Gasteiger partial charge is 0.507 e. The average Bonchev–Trinajstić information content (AvgIpc) is 3.06. The number of aryl methyl sites for hydroxylation is 2. The number of hydrogen-bond donors (Lipinski definition) is 2. The fraction of sp³-hybridized carbons (Fsp3) is 0.391. The van der Waals surface area contributed by atoms with Crippen molar-refractivity contribution in [2.24, 2.45) is 7.05 Å². The molecule has 3 aromatic heterocycles. The molecular formula is C23H26N6O2S. The topological polar surface area (TPSA) is 97.9 Å². The van der Waals surface area contributed by atoms with Crippen molar-refractivity contribution >= 4 is 33.8 Å². The van der Waals surface area contributed by atoms with E-state index in [1.165, 1.54) is 0 Å². The van der Waals surface area contributed by atoms with Crippen molar-refractivity contribution in [2.45, 2.75) is 50.9 Å². The van der Waals surface area contributed by atoms with E-state index in [0.29, 0.717) is 39.1 Å². The van der Waals surface area contributed by atoms with Crippen molar-refractivity contribution < 1.29 is 5.11 Å². The van der Waals surface area contributed by atoms with Crippen molar-refractivity contribution in [1.82, 2.24) is 29.0 Å². The van der Waals surface area contributed by atoms with Gasteiger partial charge in [-0.25, -0.2) is 9.97 Å². The number of hydrogen-bond acceptors (Lipinski definition) is 7. The molecule has 0 saturated carbocycles. The quantitative estimate of drug-likeness (QED) is 0.449. The minimum Gasteiger partial charge on any atom is -0.507 e. The zero-order valence-corrected chi connectivity index (χ0v) is 19.3. The van der Waals surface area contributed by atoms with Crippen LogP contribution in [-0.4, -0.2) is 40.7 Å². The van der Waals surface area contributed by atoms with E-state index < -0.39 is 0 Å². The third-order valence-corrected chi connectivity index (χ3v) is 7.27. The molecule has 0 aliphatic carbocycles. The smallest absolute Gasteiger partial charge is 0.261 e. The predicted molar refractivity (Wildman–Crippen MR) is 128 cm³/mol. The Kier molecular flexibility index (Phi) is 5.17. The molecule has 4 heterocycles. The summed E-state index contributed by atoms with van der Waals surface area (Å²) in [6.45, 7) is 6.15. The van der Waals surface area contributed by atoms with E-state index in [4.69, 9.17) is 0 Å². The second kappa shape index (κ2) is 7.90. The van der Waals surface area contributed by atoms with Crippen LogP contribution in [0.5, 0.6) is 5.75 Å². The number of rotatable bonds is 2. The Morgan fingerprint density at radius 1 is 1.28 bits per heavy atom.